The number of nitrogens with zero attached hydrogens (tertiary/aromatic N) is 5. The third kappa shape index (κ3) is 2.48. The summed E-state index contributed by atoms with van der Waals surface area (Å²) in [5, 5.41) is 18.4. The first-order chi connectivity index (χ1) is 11.6. The lowest BCUT2D eigenvalue weighted by molar-refractivity contribution is 0.00407. The number of anilines is 1. The van der Waals surface area contributed by atoms with Crippen LogP contribution < -0.4 is 4.90 Å². The Morgan fingerprint density at radius 3 is 2.71 bits per heavy atom. The maximum atomic E-state index is 11.0. The van der Waals surface area contributed by atoms with Gasteiger partial charge in [-0.05, 0) is 30.4 Å². The number of thiophene rings is 1. The Hall–Kier alpha value is -1.99. The summed E-state index contributed by atoms with van der Waals surface area (Å²) in [5.41, 5.74) is 0.0793. The summed E-state index contributed by atoms with van der Waals surface area (Å²) in [6, 6.07) is 4.00. The summed E-state index contributed by atoms with van der Waals surface area (Å²) in [5.74, 6) is 1.89. The van der Waals surface area contributed by atoms with Crippen LogP contribution in [0, 0.1) is 0 Å². The van der Waals surface area contributed by atoms with Gasteiger partial charge in [0.25, 0.3) is 0 Å². The summed E-state index contributed by atoms with van der Waals surface area (Å²) >= 11 is 1.66. The molecule has 4 heterocycles. The van der Waals surface area contributed by atoms with E-state index in [0.29, 0.717) is 12.8 Å². The number of hydrogen-bond donors (Lipinski definition) is 1. The Morgan fingerprint density at radius 1 is 1.25 bits per heavy atom. The van der Waals surface area contributed by atoms with Gasteiger partial charge in [-0.3, -0.25) is 4.68 Å². The molecule has 7 heteroatoms. The van der Waals surface area contributed by atoms with Crippen molar-refractivity contribution in [3.8, 4) is 0 Å². The molecule has 0 aliphatic carbocycles. The zero-order chi connectivity index (χ0) is 16.7. The molecule has 6 nitrogen and oxygen atoms in total. The Balaban J connectivity index is 1.62. The molecule has 0 aromatic carbocycles. The van der Waals surface area contributed by atoms with Gasteiger partial charge in [-0.25, -0.2) is 9.97 Å². The van der Waals surface area contributed by atoms with E-state index in [1.54, 1.807) is 22.2 Å². The molecule has 0 saturated carbocycles. The van der Waals surface area contributed by atoms with E-state index < -0.39 is 5.60 Å². The lowest BCUT2D eigenvalue weighted by Crippen LogP contribution is -2.44. The molecule has 0 radical (unpaired) electrons. The Bertz CT molecular complexity index is 863. The average molecular weight is 343 g/mol. The number of aryl methyl sites for hydroxylation is 2. The highest BCUT2D eigenvalue weighted by Gasteiger charge is 2.37. The van der Waals surface area contributed by atoms with E-state index in [1.807, 2.05) is 13.1 Å². The molecule has 4 rings (SSSR count). The van der Waals surface area contributed by atoms with Gasteiger partial charge in [-0.15, -0.1) is 11.3 Å². The maximum Gasteiger partial charge on any atom is 0.141 e. The van der Waals surface area contributed by atoms with Crippen molar-refractivity contribution in [2.75, 3.05) is 18.0 Å². The molecule has 126 valence electrons. The molecule has 3 aromatic rings. The molecule has 0 spiro atoms. The van der Waals surface area contributed by atoms with Crippen LogP contribution in [0.5, 0.6) is 0 Å². The zero-order valence-electron chi connectivity index (χ0n) is 13.9. The fourth-order valence-electron chi connectivity index (χ4n) is 3.46. The molecule has 0 amide bonds. The number of aromatic nitrogens is 4. The first kappa shape index (κ1) is 15.5. The van der Waals surface area contributed by atoms with Crippen molar-refractivity contribution in [3.05, 3.63) is 35.2 Å². The standard InChI is InChI=1S/C17H21N5OS/c1-3-14-19-15(12-5-11-24-16(12)20-14)22-9-6-17(23,7-10-22)13-4-8-18-21(13)2/h4-5,8,11,23H,3,6-7,9-10H2,1-2H3. The Morgan fingerprint density at radius 2 is 2.04 bits per heavy atom. The van der Waals surface area contributed by atoms with Crippen molar-refractivity contribution < 1.29 is 5.11 Å². The first-order valence-corrected chi connectivity index (χ1v) is 9.18. The molecule has 3 aromatic heterocycles. The van der Waals surface area contributed by atoms with Gasteiger partial charge in [0.15, 0.2) is 0 Å². The highest BCUT2D eigenvalue weighted by molar-refractivity contribution is 7.16. The summed E-state index contributed by atoms with van der Waals surface area (Å²) in [4.78, 5) is 12.7. The third-order valence-corrected chi connectivity index (χ3v) is 5.66. The van der Waals surface area contributed by atoms with Gasteiger partial charge in [0.1, 0.15) is 22.1 Å². The van der Waals surface area contributed by atoms with Crippen LogP contribution in [0.1, 0.15) is 31.3 Å². The number of fused-ring (bicyclic) bond motifs is 1. The summed E-state index contributed by atoms with van der Waals surface area (Å²) in [7, 11) is 1.88. The monoisotopic (exact) mass is 343 g/mol. The highest BCUT2D eigenvalue weighted by atomic mass is 32.1. The molecule has 24 heavy (non-hydrogen) atoms. The highest BCUT2D eigenvalue weighted by Crippen LogP contribution is 2.36. The van der Waals surface area contributed by atoms with Gasteiger partial charge in [0, 0.05) is 32.8 Å². The second-order valence-corrected chi connectivity index (χ2v) is 7.21. The summed E-state index contributed by atoms with van der Waals surface area (Å²) in [6.45, 7) is 3.62. The van der Waals surface area contributed by atoms with Crippen molar-refractivity contribution in [1.29, 1.82) is 0 Å². The fraction of sp³-hybridized carbons (Fsp3) is 0.471. The van der Waals surface area contributed by atoms with Crippen LogP contribution in [0.25, 0.3) is 10.2 Å². The van der Waals surface area contributed by atoms with E-state index in [0.717, 1.165) is 47.1 Å². The minimum atomic E-state index is -0.809. The molecule has 0 bridgehead atoms. The summed E-state index contributed by atoms with van der Waals surface area (Å²) in [6.07, 6.45) is 3.91. The van der Waals surface area contributed by atoms with Crippen LogP contribution >= 0.6 is 11.3 Å². The van der Waals surface area contributed by atoms with E-state index in [2.05, 4.69) is 33.4 Å². The molecule has 1 N–H and O–H groups in total. The predicted molar refractivity (Wildman–Crippen MR) is 95.3 cm³/mol. The van der Waals surface area contributed by atoms with Crippen LogP contribution in [-0.4, -0.2) is 37.9 Å². The van der Waals surface area contributed by atoms with Crippen molar-refractivity contribution in [2.24, 2.45) is 7.05 Å². The molecular weight excluding hydrogens is 322 g/mol. The Labute approximate surface area is 144 Å². The number of hydrogen-bond acceptors (Lipinski definition) is 6. The van der Waals surface area contributed by atoms with Gasteiger partial charge < -0.3 is 10.0 Å². The van der Waals surface area contributed by atoms with Crippen molar-refractivity contribution in [1.82, 2.24) is 19.7 Å². The largest absolute Gasteiger partial charge is 0.383 e. The number of aliphatic hydroxyl groups is 1. The van der Waals surface area contributed by atoms with Crippen molar-refractivity contribution >= 4 is 27.4 Å². The second kappa shape index (κ2) is 5.82. The lowest BCUT2D eigenvalue weighted by Gasteiger charge is -2.39. The lowest BCUT2D eigenvalue weighted by atomic mass is 9.88. The summed E-state index contributed by atoms with van der Waals surface area (Å²) < 4.78 is 1.77. The first-order valence-electron chi connectivity index (χ1n) is 8.30. The fourth-order valence-corrected chi connectivity index (χ4v) is 4.23. The average Bonchev–Trinajstić information content (AvgIpc) is 3.23. The minimum Gasteiger partial charge on any atom is -0.383 e. The van der Waals surface area contributed by atoms with Crippen molar-refractivity contribution in [3.63, 3.8) is 0 Å². The molecular formula is C17H21N5OS. The SMILES string of the molecule is CCc1nc(N2CCC(O)(c3ccnn3C)CC2)c2ccsc2n1. The molecule has 0 unspecified atom stereocenters. The smallest absolute Gasteiger partial charge is 0.141 e. The van der Waals surface area contributed by atoms with Gasteiger partial charge in [-0.2, -0.15) is 5.10 Å². The predicted octanol–water partition coefficient (Wildman–Crippen LogP) is 2.48. The minimum absolute atomic E-state index is 0.670. The van der Waals surface area contributed by atoms with Gasteiger partial charge >= 0.3 is 0 Å². The normalized spacial score (nSPS) is 17.5. The van der Waals surface area contributed by atoms with Gasteiger partial charge in [-0.1, -0.05) is 6.92 Å². The van der Waals surface area contributed by atoms with Crippen molar-refractivity contribution in [2.45, 2.75) is 31.8 Å². The number of piperidine rings is 1. The quantitative estimate of drug-likeness (QED) is 0.791. The van der Waals surface area contributed by atoms with E-state index in [-0.39, 0.29) is 0 Å². The van der Waals surface area contributed by atoms with Crippen LogP contribution in [0.3, 0.4) is 0 Å². The second-order valence-electron chi connectivity index (χ2n) is 6.32. The van der Waals surface area contributed by atoms with Gasteiger partial charge in [0.05, 0.1) is 11.1 Å². The van der Waals surface area contributed by atoms with Gasteiger partial charge in [0.2, 0.25) is 0 Å². The van der Waals surface area contributed by atoms with E-state index in [1.165, 1.54) is 0 Å². The molecule has 1 aliphatic rings. The number of rotatable bonds is 3. The van der Waals surface area contributed by atoms with Crippen LogP contribution in [-0.2, 0) is 19.1 Å². The van der Waals surface area contributed by atoms with E-state index in [9.17, 15) is 5.11 Å². The molecule has 0 atom stereocenters. The third-order valence-electron chi connectivity index (χ3n) is 4.86. The van der Waals surface area contributed by atoms with Crippen LogP contribution in [0.4, 0.5) is 5.82 Å². The molecule has 1 saturated heterocycles. The maximum absolute atomic E-state index is 11.0. The molecule has 1 fully saturated rings. The van der Waals surface area contributed by atoms with E-state index in [4.69, 9.17) is 4.98 Å². The van der Waals surface area contributed by atoms with Crippen LogP contribution in [0.2, 0.25) is 0 Å². The van der Waals surface area contributed by atoms with E-state index >= 15 is 0 Å². The zero-order valence-corrected chi connectivity index (χ0v) is 14.8. The molecule has 1 aliphatic heterocycles. The Kier molecular flexibility index (Phi) is 3.77. The van der Waals surface area contributed by atoms with Crippen LogP contribution in [0.15, 0.2) is 23.7 Å². The topological polar surface area (TPSA) is 67.1 Å².